The predicted molar refractivity (Wildman–Crippen MR) is 67.6 cm³/mol. The smallest absolute Gasteiger partial charge is 0.327 e. The maximum atomic E-state index is 15.2. The molecule has 1 fully saturated rings. The molecule has 1 saturated heterocycles. The Balaban J connectivity index is 2.17. The lowest BCUT2D eigenvalue weighted by Crippen LogP contribution is -2.47. The summed E-state index contributed by atoms with van der Waals surface area (Å²) in [6.07, 6.45) is -2.76. The van der Waals surface area contributed by atoms with Gasteiger partial charge in [-0.15, -0.1) is 5.10 Å². The molecule has 3 heterocycles. The summed E-state index contributed by atoms with van der Waals surface area (Å²) in [5, 5.41) is 22.9. The number of nitrogen functional groups attached to an aromatic ring is 1. The van der Waals surface area contributed by atoms with Crippen molar-refractivity contribution in [1.29, 1.82) is 0 Å². The molecule has 1 aliphatic heterocycles. The van der Waals surface area contributed by atoms with Crippen LogP contribution in [-0.2, 0) is 10.4 Å². The van der Waals surface area contributed by atoms with Gasteiger partial charge in [-0.3, -0.25) is 0 Å². The average molecular weight is 300 g/mol. The van der Waals surface area contributed by atoms with Gasteiger partial charge in [-0.2, -0.15) is 9.37 Å². The first kappa shape index (κ1) is 14.1. The van der Waals surface area contributed by atoms with Crippen molar-refractivity contribution in [3.05, 3.63) is 23.9 Å². The standard InChI is InChI=1S/C12H14F2N4O3/c1-11(4-19)9(20)12(14,5-21-11)7-3-2-6-8(15)16-10(13)17-18(6)7/h2-3,9,19-20H,4-5H2,1H3,(H2,15,16,17)/t9-,11-,12+/m1/s1. The number of hydrogen-bond donors (Lipinski definition) is 3. The Labute approximate surface area is 118 Å². The highest BCUT2D eigenvalue weighted by Crippen LogP contribution is 2.43. The minimum atomic E-state index is -2.35. The third kappa shape index (κ3) is 1.81. The van der Waals surface area contributed by atoms with E-state index in [0.29, 0.717) is 0 Å². The van der Waals surface area contributed by atoms with E-state index in [-0.39, 0.29) is 17.0 Å². The quantitative estimate of drug-likeness (QED) is 0.706. The van der Waals surface area contributed by atoms with E-state index in [2.05, 4.69) is 10.1 Å². The van der Waals surface area contributed by atoms with Crippen LogP contribution in [0.25, 0.3) is 5.52 Å². The van der Waals surface area contributed by atoms with Gasteiger partial charge in [0.05, 0.1) is 18.9 Å². The molecule has 3 atom stereocenters. The molecule has 0 aromatic carbocycles. The number of anilines is 1. The molecule has 0 radical (unpaired) electrons. The van der Waals surface area contributed by atoms with Crippen molar-refractivity contribution in [2.45, 2.75) is 24.3 Å². The number of nitrogens with zero attached hydrogens (tertiary/aromatic N) is 3. The van der Waals surface area contributed by atoms with E-state index in [0.717, 1.165) is 4.52 Å². The third-order valence-corrected chi connectivity index (χ3v) is 3.88. The van der Waals surface area contributed by atoms with Crippen LogP contribution in [0.5, 0.6) is 0 Å². The molecule has 9 heteroatoms. The van der Waals surface area contributed by atoms with E-state index in [1.807, 2.05) is 0 Å². The van der Waals surface area contributed by atoms with Gasteiger partial charge in [0.25, 0.3) is 0 Å². The van der Waals surface area contributed by atoms with Gasteiger partial charge >= 0.3 is 6.08 Å². The number of nitrogens with two attached hydrogens (primary N) is 1. The van der Waals surface area contributed by atoms with Gasteiger partial charge in [0.15, 0.2) is 5.82 Å². The largest absolute Gasteiger partial charge is 0.393 e. The number of hydrogen-bond acceptors (Lipinski definition) is 6. The first-order valence-corrected chi connectivity index (χ1v) is 6.25. The molecule has 0 saturated carbocycles. The maximum absolute atomic E-state index is 15.2. The fourth-order valence-electron chi connectivity index (χ4n) is 2.56. The predicted octanol–water partition coefficient (Wildman–Crippen LogP) is -0.242. The average Bonchev–Trinajstić information content (AvgIpc) is 2.96. The molecule has 0 unspecified atom stereocenters. The van der Waals surface area contributed by atoms with Crippen LogP contribution in [-0.4, -0.2) is 49.7 Å². The van der Waals surface area contributed by atoms with Crippen LogP contribution in [0.2, 0.25) is 0 Å². The molecule has 2 aromatic heterocycles. The molecule has 21 heavy (non-hydrogen) atoms. The summed E-state index contributed by atoms with van der Waals surface area (Å²) in [4.78, 5) is 3.35. The number of aliphatic hydroxyl groups is 2. The minimum absolute atomic E-state index is 0.116. The van der Waals surface area contributed by atoms with Gasteiger partial charge in [-0.1, -0.05) is 0 Å². The zero-order chi connectivity index (χ0) is 15.4. The summed E-state index contributed by atoms with van der Waals surface area (Å²) in [7, 11) is 0. The van der Waals surface area contributed by atoms with Crippen LogP contribution >= 0.6 is 0 Å². The van der Waals surface area contributed by atoms with Crippen LogP contribution in [0.1, 0.15) is 12.6 Å². The monoisotopic (exact) mass is 300 g/mol. The van der Waals surface area contributed by atoms with Crippen LogP contribution in [0.3, 0.4) is 0 Å². The Morgan fingerprint density at radius 2 is 2.29 bits per heavy atom. The van der Waals surface area contributed by atoms with Crippen molar-refractivity contribution in [2.75, 3.05) is 18.9 Å². The zero-order valence-electron chi connectivity index (χ0n) is 11.1. The fraction of sp³-hybridized carbons (Fsp3) is 0.500. The SMILES string of the molecule is C[C@]1(CO)OC[C@](F)(c2ccc3c(N)nc(F)nn23)[C@@H]1O. The summed E-state index contributed by atoms with van der Waals surface area (Å²) in [6.45, 7) is 0.330. The highest BCUT2D eigenvalue weighted by atomic mass is 19.1. The summed E-state index contributed by atoms with van der Waals surface area (Å²) in [5.74, 6) is -0.143. The number of rotatable bonds is 2. The lowest BCUT2D eigenvalue weighted by molar-refractivity contribution is -0.0859. The Morgan fingerprint density at radius 3 is 2.90 bits per heavy atom. The normalized spacial score (nSPS) is 32.9. The molecule has 7 nitrogen and oxygen atoms in total. The molecular formula is C12H14F2N4O3. The number of halogens is 2. The summed E-state index contributed by atoms with van der Waals surface area (Å²) < 4.78 is 34.7. The lowest BCUT2D eigenvalue weighted by atomic mass is 9.88. The molecule has 0 aliphatic carbocycles. The molecule has 0 bridgehead atoms. The molecule has 1 aliphatic rings. The molecule has 0 amide bonds. The highest BCUT2D eigenvalue weighted by molar-refractivity contribution is 5.65. The van der Waals surface area contributed by atoms with Gasteiger partial charge in [-0.25, -0.2) is 8.91 Å². The first-order valence-electron chi connectivity index (χ1n) is 6.25. The molecule has 114 valence electrons. The molecule has 3 rings (SSSR count). The Bertz CT molecular complexity index is 709. The molecule has 4 N–H and O–H groups in total. The van der Waals surface area contributed by atoms with E-state index in [1.165, 1.54) is 19.1 Å². The van der Waals surface area contributed by atoms with E-state index < -0.39 is 36.7 Å². The number of aliphatic hydroxyl groups excluding tert-OH is 2. The summed E-state index contributed by atoms with van der Waals surface area (Å²) in [5.41, 5.74) is 1.86. The second kappa shape index (κ2) is 4.33. The summed E-state index contributed by atoms with van der Waals surface area (Å²) >= 11 is 0. The van der Waals surface area contributed by atoms with Gasteiger partial charge in [-0.05, 0) is 19.1 Å². The van der Waals surface area contributed by atoms with E-state index in [9.17, 15) is 14.6 Å². The van der Waals surface area contributed by atoms with E-state index in [1.54, 1.807) is 0 Å². The molecule has 2 aromatic rings. The van der Waals surface area contributed by atoms with Crippen molar-refractivity contribution in [1.82, 2.24) is 14.6 Å². The third-order valence-electron chi connectivity index (χ3n) is 3.88. The summed E-state index contributed by atoms with van der Waals surface area (Å²) in [6, 6.07) is 2.75. The number of ether oxygens (including phenoxy) is 1. The fourth-order valence-corrected chi connectivity index (χ4v) is 2.56. The number of aromatic nitrogens is 3. The minimum Gasteiger partial charge on any atom is -0.393 e. The van der Waals surface area contributed by atoms with Crippen LogP contribution in [0.4, 0.5) is 14.6 Å². The Morgan fingerprint density at radius 1 is 1.57 bits per heavy atom. The number of alkyl halides is 1. The Kier molecular flexibility index (Phi) is 2.91. The van der Waals surface area contributed by atoms with Gasteiger partial charge in [0, 0.05) is 0 Å². The van der Waals surface area contributed by atoms with Crippen molar-refractivity contribution in [2.24, 2.45) is 0 Å². The van der Waals surface area contributed by atoms with Crippen molar-refractivity contribution in [3.63, 3.8) is 0 Å². The van der Waals surface area contributed by atoms with E-state index in [4.69, 9.17) is 10.5 Å². The Hall–Kier alpha value is -1.84. The second-order valence-electron chi connectivity index (χ2n) is 5.31. The topological polar surface area (TPSA) is 106 Å². The van der Waals surface area contributed by atoms with Crippen molar-refractivity contribution in [3.8, 4) is 0 Å². The van der Waals surface area contributed by atoms with Gasteiger partial charge in [0.1, 0.15) is 17.2 Å². The lowest BCUT2D eigenvalue weighted by Gasteiger charge is -2.28. The maximum Gasteiger partial charge on any atom is 0.327 e. The van der Waals surface area contributed by atoms with Crippen molar-refractivity contribution < 1.29 is 23.7 Å². The molecular weight excluding hydrogens is 286 g/mol. The number of fused-ring (bicyclic) bond motifs is 1. The molecule has 0 spiro atoms. The van der Waals surface area contributed by atoms with Gasteiger partial charge in [0.2, 0.25) is 5.67 Å². The van der Waals surface area contributed by atoms with Gasteiger partial charge < -0.3 is 20.7 Å². The zero-order valence-corrected chi connectivity index (χ0v) is 11.1. The highest BCUT2D eigenvalue weighted by Gasteiger charge is 2.58. The van der Waals surface area contributed by atoms with Crippen LogP contribution in [0.15, 0.2) is 12.1 Å². The van der Waals surface area contributed by atoms with Crippen LogP contribution < -0.4 is 5.73 Å². The van der Waals surface area contributed by atoms with Crippen molar-refractivity contribution >= 4 is 11.3 Å². The van der Waals surface area contributed by atoms with E-state index >= 15 is 4.39 Å². The van der Waals surface area contributed by atoms with Crippen LogP contribution in [0, 0.1) is 6.08 Å². The second-order valence-corrected chi connectivity index (χ2v) is 5.31. The first-order chi connectivity index (χ1) is 9.82.